The second-order valence-electron chi connectivity index (χ2n) is 3.51. The second kappa shape index (κ2) is 4.76. The average Bonchev–Trinajstić information content (AvgIpc) is 2.78. The Bertz CT molecular complexity index is 397. The molecule has 0 spiro atoms. The van der Waals surface area contributed by atoms with Gasteiger partial charge < -0.3 is 9.84 Å². The van der Waals surface area contributed by atoms with E-state index in [1.807, 2.05) is 24.3 Å². The highest BCUT2D eigenvalue weighted by Crippen LogP contribution is 2.33. The van der Waals surface area contributed by atoms with Crippen molar-refractivity contribution < 1.29 is 14.6 Å². The number of carboxylic acids is 1. The lowest BCUT2D eigenvalue weighted by Crippen LogP contribution is -2.30. The molecule has 1 aromatic rings. The lowest BCUT2D eigenvalue weighted by Gasteiger charge is -2.14. The van der Waals surface area contributed by atoms with Crippen molar-refractivity contribution in [2.75, 3.05) is 12.9 Å². The lowest BCUT2D eigenvalue weighted by atomic mass is 10.1. The third kappa shape index (κ3) is 2.15. The maximum absolute atomic E-state index is 10.8. The highest BCUT2D eigenvalue weighted by Gasteiger charge is 2.31. The molecule has 0 saturated carbocycles. The molecule has 2 N–H and O–H groups in total. The molecule has 0 unspecified atom stereocenters. The van der Waals surface area contributed by atoms with Gasteiger partial charge in [0.1, 0.15) is 5.75 Å². The van der Waals surface area contributed by atoms with Crippen LogP contribution in [0.5, 0.6) is 5.75 Å². The molecule has 0 amide bonds. The van der Waals surface area contributed by atoms with Crippen LogP contribution in [0.2, 0.25) is 0 Å². The van der Waals surface area contributed by atoms with Gasteiger partial charge in [-0.15, -0.1) is 11.8 Å². The van der Waals surface area contributed by atoms with Crippen LogP contribution < -0.4 is 10.1 Å². The van der Waals surface area contributed by atoms with Crippen LogP contribution >= 0.6 is 11.8 Å². The number of carboxylic acid groups (broad SMARTS) is 1. The first-order chi connectivity index (χ1) is 7.72. The molecule has 1 saturated heterocycles. The number of aliphatic carboxylic acids is 1. The number of benzene rings is 1. The van der Waals surface area contributed by atoms with Crippen molar-refractivity contribution in [3.63, 3.8) is 0 Å². The number of thioether (sulfide) groups is 1. The zero-order valence-electron chi connectivity index (χ0n) is 8.84. The zero-order valence-corrected chi connectivity index (χ0v) is 9.66. The van der Waals surface area contributed by atoms with Crippen molar-refractivity contribution in [2.45, 2.75) is 11.4 Å². The molecule has 16 heavy (non-hydrogen) atoms. The molecule has 2 atom stereocenters. The minimum Gasteiger partial charge on any atom is -0.496 e. The number of ether oxygens (including phenoxy) is 1. The van der Waals surface area contributed by atoms with E-state index in [9.17, 15) is 4.79 Å². The number of rotatable bonds is 3. The molecule has 0 radical (unpaired) electrons. The molecule has 1 fully saturated rings. The van der Waals surface area contributed by atoms with Crippen molar-refractivity contribution in [3.8, 4) is 5.75 Å². The van der Waals surface area contributed by atoms with Gasteiger partial charge in [-0.2, -0.15) is 0 Å². The lowest BCUT2D eigenvalue weighted by molar-refractivity contribution is -0.137. The first-order valence-electron chi connectivity index (χ1n) is 4.95. The van der Waals surface area contributed by atoms with E-state index in [-0.39, 0.29) is 6.04 Å². The Morgan fingerprint density at radius 1 is 1.56 bits per heavy atom. The molecule has 1 aliphatic rings. The number of hydrogen-bond donors (Lipinski definition) is 2. The Balaban J connectivity index is 2.17. The minimum absolute atomic E-state index is 0.0437. The Labute approximate surface area is 98.0 Å². The standard InChI is InChI=1S/C11H13NO3S/c1-15-9-5-3-2-4-7(9)8-6-16-10(12-8)11(13)14/h2-5,8,10,12H,6H2,1H3,(H,13,14)/t8-,10+/m0/s1. The van der Waals surface area contributed by atoms with E-state index in [1.165, 1.54) is 11.8 Å². The fraction of sp³-hybridized carbons (Fsp3) is 0.364. The molecule has 1 aliphatic heterocycles. The van der Waals surface area contributed by atoms with E-state index in [0.717, 1.165) is 17.1 Å². The van der Waals surface area contributed by atoms with Crippen LogP contribution in [0.3, 0.4) is 0 Å². The Hall–Kier alpha value is -1.20. The van der Waals surface area contributed by atoms with Crippen molar-refractivity contribution >= 4 is 17.7 Å². The van der Waals surface area contributed by atoms with Crippen LogP contribution in [-0.4, -0.2) is 29.3 Å². The molecule has 0 aromatic heterocycles. The molecule has 1 aromatic carbocycles. The Morgan fingerprint density at radius 3 is 2.94 bits per heavy atom. The second-order valence-corrected chi connectivity index (χ2v) is 4.65. The van der Waals surface area contributed by atoms with Crippen LogP contribution in [0.4, 0.5) is 0 Å². The van der Waals surface area contributed by atoms with Gasteiger partial charge in [0.15, 0.2) is 5.37 Å². The van der Waals surface area contributed by atoms with Gasteiger partial charge in [0, 0.05) is 17.4 Å². The highest BCUT2D eigenvalue weighted by molar-refractivity contribution is 8.00. The summed E-state index contributed by atoms with van der Waals surface area (Å²) in [5.41, 5.74) is 1.02. The van der Waals surface area contributed by atoms with Crippen molar-refractivity contribution in [2.24, 2.45) is 0 Å². The molecule has 4 nitrogen and oxygen atoms in total. The minimum atomic E-state index is -0.817. The highest BCUT2D eigenvalue weighted by atomic mass is 32.2. The zero-order chi connectivity index (χ0) is 11.5. The molecule has 5 heteroatoms. The maximum Gasteiger partial charge on any atom is 0.331 e. The largest absolute Gasteiger partial charge is 0.496 e. The molecule has 0 aliphatic carbocycles. The van der Waals surface area contributed by atoms with Crippen molar-refractivity contribution in [3.05, 3.63) is 29.8 Å². The number of nitrogens with one attached hydrogen (secondary N) is 1. The first kappa shape index (κ1) is 11.3. The molecular formula is C11H13NO3S. The van der Waals surface area contributed by atoms with Gasteiger partial charge in [-0.3, -0.25) is 5.32 Å². The summed E-state index contributed by atoms with van der Waals surface area (Å²) < 4.78 is 5.26. The molecule has 1 heterocycles. The molecule has 2 rings (SSSR count). The number of para-hydroxylation sites is 1. The quantitative estimate of drug-likeness (QED) is 0.836. The van der Waals surface area contributed by atoms with Gasteiger partial charge >= 0.3 is 5.97 Å². The third-order valence-corrected chi connectivity index (χ3v) is 3.72. The maximum atomic E-state index is 10.8. The van der Waals surface area contributed by atoms with Gasteiger partial charge in [0.2, 0.25) is 0 Å². The topological polar surface area (TPSA) is 58.6 Å². The normalized spacial score (nSPS) is 24.3. The smallest absolute Gasteiger partial charge is 0.331 e. The average molecular weight is 239 g/mol. The summed E-state index contributed by atoms with van der Waals surface area (Å²) in [6, 6.07) is 7.72. The third-order valence-electron chi connectivity index (χ3n) is 2.52. The van der Waals surface area contributed by atoms with Crippen LogP contribution in [0, 0.1) is 0 Å². The first-order valence-corrected chi connectivity index (χ1v) is 6.00. The van der Waals surface area contributed by atoms with Crippen LogP contribution in [0.25, 0.3) is 0 Å². The number of carbonyl (C=O) groups is 1. The Kier molecular flexibility index (Phi) is 3.36. The summed E-state index contributed by atoms with van der Waals surface area (Å²) in [4.78, 5) is 10.8. The number of hydrogen-bond acceptors (Lipinski definition) is 4. The van der Waals surface area contributed by atoms with Crippen LogP contribution in [-0.2, 0) is 4.79 Å². The van der Waals surface area contributed by atoms with E-state index >= 15 is 0 Å². The monoisotopic (exact) mass is 239 g/mol. The summed E-state index contributed by atoms with van der Waals surface area (Å²) in [7, 11) is 1.62. The van der Waals surface area contributed by atoms with E-state index in [1.54, 1.807) is 7.11 Å². The van der Waals surface area contributed by atoms with Gasteiger partial charge in [-0.25, -0.2) is 4.79 Å². The summed E-state index contributed by atoms with van der Waals surface area (Å²) in [5.74, 6) is 0.728. The molecule has 0 bridgehead atoms. The van der Waals surface area contributed by atoms with Crippen molar-refractivity contribution in [1.82, 2.24) is 5.32 Å². The fourth-order valence-electron chi connectivity index (χ4n) is 1.75. The van der Waals surface area contributed by atoms with Gasteiger partial charge in [0.25, 0.3) is 0 Å². The van der Waals surface area contributed by atoms with Crippen LogP contribution in [0.1, 0.15) is 11.6 Å². The van der Waals surface area contributed by atoms with Crippen LogP contribution in [0.15, 0.2) is 24.3 Å². The van der Waals surface area contributed by atoms with Gasteiger partial charge in [-0.05, 0) is 6.07 Å². The molecule has 86 valence electrons. The number of methoxy groups -OCH3 is 1. The summed E-state index contributed by atoms with van der Waals surface area (Å²) >= 11 is 1.41. The predicted molar refractivity (Wildman–Crippen MR) is 62.8 cm³/mol. The van der Waals surface area contributed by atoms with Gasteiger partial charge in [0.05, 0.1) is 7.11 Å². The van der Waals surface area contributed by atoms with E-state index in [2.05, 4.69) is 5.32 Å². The Morgan fingerprint density at radius 2 is 2.31 bits per heavy atom. The SMILES string of the molecule is COc1ccccc1[C@@H]1CS[C@H](C(=O)O)N1. The van der Waals surface area contributed by atoms with E-state index in [0.29, 0.717) is 0 Å². The van der Waals surface area contributed by atoms with Crippen molar-refractivity contribution in [1.29, 1.82) is 0 Å². The summed E-state index contributed by atoms with van der Waals surface area (Å²) in [6.45, 7) is 0. The fourth-order valence-corrected chi connectivity index (χ4v) is 2.81. The summed E-state index contributed by atoms with van der Waals surface area (Å²) in [5, 5.41) is 11.4. The summed E-state index contributed by atoms with van der Waals surface area (Å²) in [6.07, 6.45) is 0. The predicted octanol–water partition coefficient (Wildman–Crippen LogP) is 1.48. The van der Waals surface area contributed by atoms with E-state index in [4.69, 9.17) is 9.84 Å². The van der Waals surface area contributed by atoms with Gasteiger partial charge in [-0.1, -0.05) is 18.2 Å². The molecular weight excluding hydrogens is 226 g/mol. The van der Waals surface area contributed by atoms with E-state index < -0.39 is 11.3 Å².